The van der Waals surface area contributed by atoms with Crippen LogP contribution in [0.1, 0.15) is 44.8 Å². The van der Waals surface area contributed by atoms with Crippen LogP contribution in [0.4, 0.5) is 0 Å². The van der Waals surface area contributed by atoms with Gasteiger partial charge in [-0.05, 0) is 133 Å². The number of hydrogen-bond acceptors (Lipinski definition) is 13. The summed E-state index contributed by atoms with van der Waals surface area (Å²) >= 11 is 6.06. The lowest BCUT2D eigenvalue weighted by Gasteiger charge is -2.32. The molecule has 430 valence electrons. The molecule has 1 aliphatic heterocycles. The molecule has 0 unspecified atom stereocenters. The molecule has 1 saturated heterocycles. The Kier molecular flexibility index (Phi) is 17.0. The second-order valence-corrected chi connectivity index (χ2v) is 36.1. The van der Waals surface area contributed by atoms with Gasteiger partial charge >= 0.3 is 7.12 Å². The fraction of sp³-hybridized carbons (Fsp3) is 0.350. The molecule has 12 aromatic heterocycles. The van der Waals surface area contributed by atoms with Crippen molar-refractivity contribution in [3.05, 3.63) is 132 Å². The second kappa shape index (κ2) is 24.0. The van der Waals surface area contributed by atoms with Crippen LogP contribution in [0.3, 0.4) is 0 Å². The van der Waals surface area contributed by atoms with Gasteiger partial charge in [-0.25, -0.2) is 15.0 Å². The van der Waals surface area contributed by atoms with Crippen LogP contribution < -0.4 is 5.59 Å². The van der Waals surface area contributed by atoms with Crippen molar-refractivity contribution in [2.75, 3.05) is 13.2 Å². The third-order valence-corrected chi connectivity index (χ3v) is 18.5. The Bertz CT molecular complexity index is 4190. The van der Waals surface area contributed by atoms with Gasteiger partial charge in [0.2, 0.25) is 0 Å². The molecule has 83 heavy (non-hydrogen) atoms. The molecule has 0 atom stereocenters. The van der Waals surface area contributed by atoms with E-state index in [-0.39, 0.29) is 18.3 Å². The molecule has 0 bridgehead atoms. The minimum Gasteiger partial charge on any atom is -0.398 e. The fourth-order valence-electron chi connectivity index (χ4n) is 9.46. The molecule has 12 aromatic rings. The number of H-pyrrole nitrogens is 4. The molecule has 13 rings (SSSR count). The molecule has 13 heterocycles. The summed E-state index contributed by atoms with van der Waals surface area (Å²) in [7, 11) is -2.52. The van der Waals surface area contributed by atoms with E-state index in [9.17, 15) is 0 Å². The number of nitrogens with zero attached hydrogens (tertiary/aromatic N) is 11. The first-order valence-electron chi connectivity index (χ1n) is 27.9. The van der Waals surface area contributed by atoms with Crippen LogP contribution >= 0.6 is 11.6 Å². The maximum Gasteiger partial charge on any atom is 0.513 e. The summed E-state index contributed by atoms with van der Waals surface area (Å²) in [5, 5.41) is 28.5. The van der Waals surface area contributed by atoms with Crippen LogP contribution in [-0.2, 0) is 32.2 Å². The van der Waals surface area contributed by atoms with Crippen LogP contribution in [0, 0.1) is 20.8 Å². The van der Waals surface area contributed by atoms with Gasteiger partial charge in [-0.2, -0.15) is 15.3 Å². The first-order chi connectivity index (χ1) is 39.5. The van der Waals surface area contributed by atoms with Crippen molar-refractivity contribution in [3.8, 4) is 22.8 Å². The first-order valence-corrected chi connectivity index (χ1v) is 35.7. The Morgan fingerprint density at radius 2 is 1.04 bits per heavy atom. The number of pyridine rings is 6. The molecule has 1 fully saturated rings. The van der Waals surface area contributed by atoms with Crippen molar-refractivity contribution in [2.45, 2.75) is 125 Å². The van der Waals surface area contributed by atoms with Crippen molar-refractivity contribution in [1.29, 1.82) is 0 Å². The van der Waals surface area contributed by atoms with E-state index in [1.807, 2.05) is 134 Å². The Balaban J connectivity index is 0.000000126. The fourth-order valence-corrected chi connectivity index (χ4v) is 11.1. The van der Waals surface area contributed by atoms with Crippen LogP contribution in [0.25, 0.3) is 88.6 Å². The average Bonchev–Trinajstić information content (AvgIpc) is 4.13. The summed E-state index contributed by atoms with van der Waals surface area (Å²) in [6.07, 6.45) is 11.0. The highest BCUT2D eigenvalue weighted by Crippen LogP contribution is 2.37. The van der Waals surface area contributed by atoms with E-state index in [4.69, 9.17) is 35.4 Å². The highest BCUT2D eigenvalue weighted by atomic mass is 35.5. The van der Waals surface area contributed by atoms with Crippen LogP contribution in [0.15, 0.2) is 110 Å². The number of rotatable bonds is 13. The van der Waals surface area contributed by atoms with E-state index in [2.05, 4.69) is 121 Å². The van der Waals surface area contributed by atoms with Gasteiger partial charge in [0.05, 0.1) is 50.4 Å². The zero-order valence-corrected chi connectivity index (χ0v) is 52.4. The molecule has 0 aromatic carbocycles. The van der Waals surface area contributed by atoms with E-state index in [0.29, 0.717) is 18.6 Å². The van der Waals surface area contributed by atoms with E-state index in [1.165, 1.54) is 0 Å². The van der Waals surface area contributed by atoms with Gasteiger partial charge in [0.15, 0.2) is 0 Å². The number of nitrogens with one attached hydrogen (secondary N) is 4. The average molecular weight is 1170 g/mol. The Morgan fingerprint density at radius 3 is 1.54 bits per heavy atom. The van der Waals surface area contributed by atoms with Crippen molar-refractivity contribution < 1.29 is 18.8 Å². The molecular formula is C60H73BClN15O4Si2. The molecule has 0 amide bonds. The van der Waals surface area contributed by atoms with Gasteiger partial charge in [0.25, 0.3) is 0 Å². The highest BCUT2D eigenvalue weighted by Gasteiger charge is 2.52. The predicted octanol–water partition coefficient (Wildman–Crippen LogP) is 13.0. The molecule has 1 aliphatic rings. The maximum atomic E-state index is 6.06. The third-order valence-electron chi connectivity index (χ3n) is 14.8. The second-order valence-electron chi connectivity index (χ2n) is 24.5. The summed E-state index contributed by atoms with van der Waals surface area (Å²) in [5.74, 6) is 0. The largest absolute Gasteiger partial charge is 0.513 e. The molecule has 0 radical (unpaired) electrons. The van der Waals surface area contributed by atoms with Crippen molar-refractivity contribution in [1.82, 2.24) is 74.6 Å². The van der Waals surface area contributed by atoms with Gasteiger partial charge in [-0.15, -0.1) is 0 Å². The van der Waals surface area contributed by atoms with E-state index < -0.39 is 16.1 Å². The Hall–Kier alpha value is -7.44. The SMILES string of the molecule is C[Si](C)(C)CCOCn1c2ccncc2c2ccc(Cl)nc21.Cc1cc(-c2ccc3c(n2)[nH]c2ccncc23)n[nH]1.Cc1cc(-c2ccc3c4cnccc4n(COCC[Si](C)(C)C)c3n2)n[nH]1.Cc1cc(B2OC(C)(C)C(C)(C)O2)[nH]n1. The smallest absolute Gasteiger partial charge is 0.398 e. The topological polar surface area (TPSA) is 226 Å². The number of fused-ring (bicyclic) bond motifs is 9. The Morgan fingerprint density at radius 1 is 0.542 bits per heavy atom. The van der Waals surface area contributed by atoms with Crippen molar-refractivity contribution in [2.24, 2.45) is 0 Å². The van der Waals surface area contributed by atoms with Gasteiger partial charge in [-0.1, -0.05) is 50.9 Å². The van der Waals surface area contributed by atoms with Gasteiger partial charge in [0, 0.05) is 110 Å². The van der Waals surface area contributed by atoms with Crippen molar-refractivity contribution in [3.63, 3.8) is 0 Å². The van der Waals surface area contributed by atoms with E-state index in [1.54, 1.807) is 12.4 Å². The molecule has 0 spiro atoms. The Labute approximate surface area is 489 Å². The van der Waals surface area contributed by atoms with Gasteiger partial charge < -0.3 is 32.9 Å². The number of halogens is 1. The number of aryl methyl sites for hydroxylation is 3. The quantitative estimate of drug-likeness (QED) is 0.0479. The lowest BCUT2D eigenvalue weighted by Crippen LogP contribution is -2.41. The predicted molar refractivity (Wildman–Crippen MR) is 338 cm³/mol. The molecule has 23 heteroatoms. The number of aromatic amines is 4. The lowest BCUT2D eigenvalue weighted by atomic mass is 9.85. The van der Waals surface area contributed by atoms with E-state index in [0.717, 1.165) is 137 Å². The number of aromatic nitrogens is 15. The normalized spacial score (nSPS) is 14.1. The molecule has 19 nitrogen and oxygen atoms in total. The zero-order chi connectivity index (χ0) is 58.8. The van der Waals surface area contributed by atoms with Crippen LogP contribution in [0.2, 0.25) is 56.5 Å². The maximum absolute atomic E-state index is 6.06. The van der Waals surface area contributed by atoms with Gasteiger partial charge in [0.1, 0.15) is 46.9 Å². The molecule has 0 aliphatic carbocycles. The molecule has 4 N–H and O–H groups in total. The summed E-state index contributed by atoms with van der Waals surface area (Å²) in [6.45, 7) is 30.7. The minimum atomic E-state index is -1.11. The van der Waals surface area contributed by atoms with E-state index >= 15 is 0 Å². The van der Waals surface area contributed by atoms with Crippen LogP contribution in [-0.4, -0.2) is 122 Å². The zero-order valence-electron chi connectivity index (χ0n) is 49.6. The third kappa shape index (κ3) is 13.5. The molecule has 0 saturated carbocycles. The number of hydrogen-bond donors (Lipinski definition) is 4. The molecular weight excluding hydrogens is 1100 g/mol. The minimum absolute atomic E-state index is 0.295. The monoisotopic (exact) mass is 1170 g/mol. The summed E-state index contributed by atoms with van der Waals surface area (Å²) in [5.41, 5.74) is 12.5. The first kappa shape index (κ1) is 58.7. The highest BCUT2D eigenvalue weighted by molar-refractivity contribution is 6.76. The summed E-state index contributed by atoms with van der Waals surface area (Å²) < 4.78 is 27.9. The van der Waals surface area contributed by atoms with Crippen molar-refractivity contribution >= 4 is 106 Å². The summed E-state index contributed by atoms with van der Waals surface area (Å²) in [6, 6.07) is 26.2. The standard InChI is InChI=1S/C20H25N5OSi.C16H20ClN3OSi.C14H11N5.C10H17BN2O2/c1-14-11-18(24-23-14)17-6-5-15-16-12-21-8-7-19(16)25(20(15)22-17)13-26-9-10-27(2,3)4;1-22(2,3)9-8-21-11-20-14-6-7-18-10-13(14)12-4-5-15(17)19-16(12)20;1-8-6-13(19-18-8)12-3-2-9-10-7-15-5-4-11(10)16-14(9)17-12;1-7-6-8(13-12-7)11-14-9(2,3)10(4,5)15-11/h5-8,11-12H,9-10,13H2,1-4H3,(H,23,24);4-7,10H,8-9,11H2,1-3H3;2-7H,1H3,(H,16,17)(H,18,19);6H,1-5H3,(H,12,13). The number of ether oxygens (including phenoxy) is 2. The van der Waals surface area contributed by atoms with Gasteiger partial charge in [-0.3, -0.25) is 30.2 Å². The van der Waals surface area contributed by atoms with Crippen LogP contribution in [0.5, 0.6) is 0 Å². The summed E-state index contributed by atoms with van der Waals surface area (Å²) in [4.78, 5) is 30.0. The lowest BCUT2D eigenvalue weighted by molar-refractivity contribution is 0.00578.